The summed E-state index contributed by atoms with van der Waals surface area (Å²) in [5, 5.41) is 2.95. The van der Waals surface area contributed by atoms with Crippen LogP contribution in [0.5, 0.6) is 0 Å². The highest BCUT2D eigenvalue weighted by Crippen LogP contribution is 2.50. The fourth-order valence-corrected chi connectivity index (χ4v) is 6.01. The maximum atomic E-state index is 9.47. The molecule has 0 amide bonds. The van der Waals surface area contributed by atoms with Gasteiger partial charge < -0.3 is 4.42 Å². The fourth-order valence-electron chi connectivity index (χ4n) is 6.01. The van der Waals surface area contributed by atoms with E-state index in [0.29, 0.717) is 16.3 Å². The smallest absolute Gasteiger partial charge is 0.136 e. The highest BCUT2D eigenvalue weighted by Gasteiger charge is 2.23. The van der Waals surface area contributed by atoms with Crippen molar-refractivity contribution in [2.75, 3.05) is 0 Å². The third-order valence-electron chi connectivity index (χ3n) is 7.86. The second-order valence-electron chi connectivity index (χ2n) is 10.4. The number of hydrogen-bond acceptors (Lipinski definition) is 1. The van der Waals surface area contributed by atoms with Gasteiger partial charge in [0.2, 0.25) is 0 Å². The van der Waals surface area contributed by atoms with Gasteiger partial charge >= 0.3 is 0 Å². The van der Waals surface area contributed by atoms with Gasteiger partial charge in [-0.05, 0) is 73.9 Å². The van der Waals surface area contributed by atoms with E-state index in [1.165, 1.54) is 0 Å². The molecule has 0 bridgehead atoms. The quantitative estimate of drug-likeness (QED) is 0.147. The van der Waals surface area contributed by atoms with Gasteiger partial charge in [0, 0.05) is 16.3 Å². The average molecular weight is 574 g/mol. The van der Waals surface area contributed by atoms with Crippen LogP contribution in [0.25, 0.3) is 82.9 Å². The van der Waals surface area contributed by atoms with Gasteiger partial charge in [-0.3, -0.25) is 0 Å². The van der Waals surface area contributed by atoms with Gasteiger partial charge in [-0.25, -0.2) is 0 Å². The molecule has 0 aliphatic rings. The number of benzene rings is 7. The Morgan fingerprint density at radius 2 is 1.16 bits per heavy atom. The zero-order valence-corrected chi connectivity index (χ0v) is 23.6. The molecule has 8 rings (SSSR count). The monoisotopic (exact) mass is 573 g/mol. The van der Waals surface area contributed by atoms with Gasteiger partial charge in [0.05, 0.1) is 15.1 Å². The average Bonchev–Trinajstić information content (AvgIpc) is 3.60. The number of rotatable bonds is 5. The molecule has 1 heteroatoms. The van der Waals surface area contributed by atoms with E-state index in [-0.39, 0.29) is 38.6 Å². The minimum Gasteiger partial charge on any atom is -0.456 e. The van der Waals surface area contributed by atoms with Crippen molar-refractivity contribution in [2.45, 2.75) is 6.92 Å². The summed E-state index contributed by atoms with van der Waals surface area (Å²) >= 11 is 0. The van der Waals surface area contributed by atoms with Crippen LogP contribution >= 0.6 is 0 Å². The van der Waals surface area contributed by atoms with Crippen LogP contribution in [0.1, 0.15) is 27.6 Å². The largest absolute Gasteiger partial charge is 0.456 e. The van der Waals surface area contributed by atoms with Crippen molar-refractivity contribution < 1.29 is 19.5 Å². The third kappa shape index (κ3) is 4.25. The van der Waals surface area contributed by atoms with E-state index < -0.39 is 66.5 Å². The molecule has 1 nitrogen and oxygen atoms in total. The first-order valence-corrected chi connectivity index (χ1v) is 14.3. The Morgan fingerprint density at radius 3 is 1.84 bits per heavy atom. The molecule has 0 saturated heterocycles. The molecule has 8 aromatic rings. The maximum absolute atomic E-state index is 9.47. The fraction of sp³-hybridized carbons (Fsp3) is 0.0233. The van der Waals surface area contributed by atoms with Crippen LogP contribution < -0.4 is 0 Å². The topological polar surface area (TPSA) is 13.1 Å². The van der Waals surface area contributed by atoms with E-state index >= 15 is 0 Å². The first-order valence-electron chi connectivity index (χ1n) is 19.8. The van der Waals surface area contributed by atoms with Crippen molar-refractivity contribution in [3.63, 3.8) is 0 Å². The minimum absolute atomic E-state index is 0.0445. The highest BCUT2D eigenvalue weighted by atomic mass is 16.3. The van der Waals surface area contributed by atoms with Crippen molar-refractivity contribution in [1.29, 1.82) is 0 Å². The number of fused-ring (bicyclic) bond motifs is 5. The predicted octanol–water partition coefficient (Wildman–Crippen LogP) is 12.5. The van der Waals surface area contributed by atoms with Gasteiger partial charge in [-0.15, -0.1) is 0 Å². The van der Waals surface area contributed by atoms with Crippen molar-refractivity contribution >= 4 is 49.6 Å². The van der Waals surface area contributed by atoms with Crippen LogP contribution in [-0.4, -0.2) is 0 Å². The van der Waals surface area contributed by atoms with E-state index in [0.717, 1.165) is 27.5 Å². The lowest BCUT2D eigenvalue weighted by molar-refractivity contribution is 0.669. The lowest BCUT2D eigenvalue weighted by Gasteiger charge is -2.20. The minimum atomic E-state index is -0.624. The van der Waals surface area contributed by atoms with Crippen LogP contribution in [-0.2, 0) is 0 Å². The molecule has 0 saturated carbocycles. The van der Waals surface area contributed by atoms with Crippen LogP contribution in [0, 0.1) is 0 Å². The highest BCUT2D eigenvalue weighted by molar-refractivity contribution is 6.27. The first-order chi connectivity index (χ1) is 26.4. The second-order valence-corrected chi connectivity index (χ2v) is 10.4. The maximum Gasteiger partial charge on any atom is 0.136 e. The van der Waals surface area contributed by atoms with Crippen molar-refractivity contribution in [3.8, 4) is 33.4 Å². The standard InChI is InChI=1S/C43H30O/c1-2-3-5-14-29-23-25-31(26-24-29)40-33-17-8-10-19-35(33)41(36-20-11-9-18-34(36)40)43-32(30-15-6-4-7-16-30)27-28-39-42(43)37-21-12-13-22-38(37)44-39/h2-28H,1H3/b3-2-,14-5-/i4D,6D,7D,12D,13D,15D,16D,21D,22D,27D,28D. The van der Waals surface area contributed by atoms with Crippen molar-refractivity contribution in [3.05, 3.63) is 163 Å². The number of para-hydroxylation sites is 1. The summed E-state index contributed by atoms with van der Waals surface area (Å²) in [6.45, 7) is 1.95. The Hall–Kier alpha value is -5.66. The van der Waals surface area contributed by atoms with E-state index in [9.17, 15) is 2.74 Å². The normalized spacial score (nSPS) is 15.5. The van der Waals surface area contributed by atoms with Gasteiger partial charge in [0.25, 0.3) is 0 Å². The van der Waals surface area contributed by atoms with E-state index in [4.69, 9.17) is 16.8 Å². The van der Waals surface area contributed by atoms with Gasteiger partial charge in [-0.1, -0.05) is 151 Å². The van der Waals surface area contributed by atoms with E-state index in [1.807, 2.05) is 104 Å². The molecule has 208 valence electrons. The molecular formula is C43H30O. The first kappa shape index (κ1) is 16.8. The molecule has 0 spiro atoms. The molecule has 0 N–H and O–H groups in total. The van der Waals surface area contributed by atoms with Crippen molar-refractivity contribution in [2.24, 2.45) is 0 Å². The molecule has 0 atom stereocenters. The number of hydrogen-bond donors (Lipinski definition) is 0. The third-order valence-corrected chi connectivity index (χ3v) is 7.86. The molecule has 1 heterocycles. The van der Waals surface area contributed by atoms with Gasteiger partial charge in [0.15, 0.2) is 0 Å². The summed E-state index contributed by atoms with van der Waals surface area (Å²) < 4.78 is 103. The molecule has 0 aliphatic heterocycles. The predicted molar refractivity (Wildman–Crippen MR) is 189 cm³/mol. The summed E-state index contributed by atoms with van der Waals surface area (Å²) in [5.41, 5.74) is 2.61. The molecule has 1 aromatic heterocycles. The summed E-state index contributed by atoms with van der Waals surface area (Å²) in [7, 11) is 0. The SMILES string of the molecule is [2H]c1c([2H])c([2H])c(-c2c([2H])c([2H])c3oc4c([2H])c([2H])c([2H])c([2H])c4c3c2-c2c3ccccc3c(-c3ccc(/C=C\C=C/C)cc3)c3ccccc23)c([2H])c1[2H]. The lowest BCUT2D eigenvalue weighted by Crippen LogP contribution is -1.93. The van der Waals surface area contributed by atoms with Gasteiger partial charge in [-0.2, -0.15) is 0 Å². The second kappa shape index (κ2) is 10.9. The van der Waals surface area contributed by atoms with Crippen LogP contribution in [0.4, 0.5) is 0 Å². The zero-order valence-electron chi connectivity index (χ0n) is 34.6. The molecule has 0 unspecified atom stereocenters. The zero-order chi connectivity index (χ0) is 39.0. The number of furan rings is 1. The van der Waals surface area contributed by atoms with Crippen LogP contribution in [0.3, 0.4) is 0 Å². The van der Waals surface area contributed by atoms with Gasteiger partial charge in [0.1, 0.15) is 11.2 Å². The summed E-state index contributed by atoms with van der Waals surface area (Å²) in [5.74, 6) is 0. The molecular weight excluding hydrogens is 532 g/mol. The van der Waals surface area contributed by atoms with E-state index in [1.54, 1.807) is 0 Å². The Bertz CT molecular complexity index is 2910. The lowest BCUT2D eigenvalue weighted by atomic mass is 9.82. The molecule has 44 heavy (non-hydrogen) atoms. The Labute approximate surface area is 272 Å². The summed E-state index contributed by atoms with van der Waals surface area (Å²) in [4.78, 5) is 0. The molecule has 0 radical (unpaired) electrons. The molecule has 7 aromatic carbocycles. The Balaban J connectivity index is 1.64. The number of allylic oxidation sites excluding steroid dienone is 3. The Morgan fingerprint density at radius 1 is 0.523 bits per heavy atom. The summed E-state index contributed by atoms with van der Waals surface area (Å²) in [6.07, 6.45) is 7.87. The van der Waals surface area contributed by atoms with Crippen LogP contribution in [0.2, 0.25) is 0 Å². The molecule has 0 aliphatic carbocycles. The Kier molecular flexibility index (Phi) is 4.16. The van der Waals surface area contributed by atoms with Crippen molar-refractivity contribution in [1.82, 2.24) is 0 Å². The van der Waals surface area contributed by atoms with Crippen LogP contribution in [0.15, 0.2) is 162 Å². The molecule has 0 fully saturated rings. The van der Waals surface area contributed by atoms with E-state index in [2.05, 4.69) is 0 Å². The summed E-state index contributed by atoms with van der Waals surface area (Å²) in [6, 6.07) is 17.3.